The van der Waals surface area contributed by atoms with Crippen molar-refractivity contribution in [3.8, 4) is 0 Å². The Morgan fingerprint density at radius 3 is 2.11 bits per heavy atom. The highest BCUT2D eigenvalue weighted by Crippen LogP contribution is 2.41. The molecule has 106 valence electrons. The summed E-state index contributed by atoms with van der Waals surface area (Å²) in [4.78, 5) is 11.3. The Hall–Kier alpha value is -1.11. The van der Waals surface area contributed by atoms with Crippen molar-refractivity contribution in [1.29, 1.82) is 0 Å². The molecule has 0 saturated carbocycles. The summed E-state index contributed by atoms with van der Waals surface area (Å²) in [6.07, 6.45) is -5.87. The van der Waals surface area contributed by atoms with Crippen LogP contribution in [0, 0.1) is 0 Å². The van der Waals surface area contributed by atoms with Crippen LogP contribution in [0.4, 0.5) is 22.0 Å². The molecule has 0 aliphatic rings. The Morgan fingerprint density at radius 1 is 1.11 bits per heavy atom. The van der Waals surface area contributed by atoms with Crippen LogP contribution < -0.4 is 0 Å². The number of rotatable bonds is 3. The molecule has 1 aromatic carbocycles. The molecule has 0 unspecified atom stereocenters. The lowest BCUT2D eigenvalue weighted by atomic mass is 10.0. The first-order valence-electron chi connectivity index (χ1n) is 5.33. The number of thioether (sulfide) groups is 1. The van der Waals surface area contributed by atoms with E-state index in [1.54, 1.807) is 26.0 Å². The zero-order valence-corrected chi connectivity index (χ0v) is 10.9. The maximum Gasteiger partial charge on any atom is 0.462 e. The monoisotopic (exact) mass is 298 g/mol. The summed E-state index contributed by atoms with van der Waals surface area (Å²) >= 11 is -0.0766. The molecule has 0 N–H and O–H groups in total. The standard InChI is InChI=1S/C12H11F5OS/c1-7(2)8-5-3-4-6-9(8)19-10(18)11(13,14)12(15,16)17/h3-7H,1-2H3. The lowest BCUT2D eigenvalue weighted by Gasteiger charge is -2.18. The summed E-state index contributed by atoms with van der Waals surface area (Å²) in [6, 6.07) is 6.05. The molecule has 0 amide bonds. The van der Waals surface area contributed by atoms with Crippen molar-refractivity contribution in [2.45, 2.75) is 36.8 Å². The van der Waals surface area contributed by atoms with Gasteiger partial charge in [-0.1, -0.05) is 32.0 Å². The predicted octanol–water partition coefficient (Wildman–Crippen LogP) is 4.63. The molecule has 1 nitrogen and oxygen atoms in total. The molecule has 0 spiro atoms. The van der Waals surface area contributed by atoms with Gasteiger partial charge in [0.2, 0.25) is 0 Å². The van der Waals surface area contributed by atoms with E-state index in [1.807, 2.05) is 0 Å². The molecule has 1 rings (SSSR count). The van der Waals surface area contributed by atoms with Gasteiger partial charge in [0.15, 0.2) is 0 Å². The zero-order valence-electron chi connectivity index (χ0n) is 10.1. The quantitative estimate of drug-likeness (QED) is 0.598. The Labute approximate surface area is 111 Å². The molecule has 1 aromatic rings. The smallest absolute Gasteiger partial charge is 0.280 e. The van der Waals surface area contributed by atoms with E-state index in [2.05, 4.69) is 0 Å². The van der Waals surface area contributed by atoms with E-state index in [-0.39, 0.29) is 22.6 Å². The van der Waals surface area contributed by atoms with E-state index in [4.69, 9.17) is 0 Å². The van der Waals surface area contributed by atoms with E-state index in [9.17, 15) is 26.7 Å². The van der Waals surface area contributed by atoms with Gasteiger partial charge in [0.05, 0.1) is 0 Å². The van der Waals surface area contributed by atoms with Gasteiger partial charge in [-0.15, -0.1) is 0 Å². The Morgan fingerprint density at radius 2 is 1.63 bits per heavy atom. The molecule has 0 bridgehead atoms. The first-order valence-corrected chi connectivity index (χ1v) is 6.14. The summed E-state index contributed by atoms with van der Waals surface area (Å²) in [5.74, 6) is -5.43. The second kappa shape index (κ2) is 5.48. The fraction of sp³-hybridized carbons (Fsp3) is 0.417. The third-order valence-electron chi connectivity index (χ3n) is 2.36. The number of alkyl halides is 5. The van der Waals surface area contributed by atoms with Gasteiger partial charge >= 0.3 is 12.1 Å². The van der Waals surface area contributed by atoms with Crippen LogP contribution in [0.3, 0.4) is 0 Å². The molecular formula is C12H11F5OS. The highest BCUT2D eigenvalue weighted by atomic mass is 32.2. The minimum Gasteiger partial charge on any atom is -0.280 e. The minimum atomic E-state index is -5.87. The molecule has 0 atom stereocenters. The van der Waals surface area contributed by atoms with Crippen LogP contribution in [0.1, 0.15) is 25.3 Å². The highest BCUT2D eigenvalue weighted by Gasteiger charge is 2.63. The summed E-state index contributed by atoms with van der Waals surface area (Å²) in [5.41, 5.74) is 0.554. The van der Waals surface area contributed by atoms with E-state index in [1.165, 1.54) is 12.1 Å². The van der Waals surface area contributed by atoms with Gasteiger partial charge in [-0.3, -0.25) is 4.79 Å². The third-order valence-corrected chi connectivity index (χ3v) is 3.39. The van der Waals surface area contributed by atoms with Gasteiger partial charge in [0, 0.05) is 4.90 Å². The van der Waals surface area contributed by atoms with Gasteiger partial charge in [-0.05, 0) is 29.3 Å². The maximum atomic E-state index is 12.8. The molecule has 0 saturated heterocycles. The molecule has 0 aliphatic carbocycles. The minimum absolute atomic E-state index is 0.0766. The number of carbonyl (C=O) groups excluding carboxylic acids is 1. The van der Waals surface area contributed by atoms with Crippen molar-refractivity contribution < 1.29 is 26.7 Å². The number of hydrogen-bond acceptors (Lipinski definition) is 2. The summed E-state index contributed by atoms with van der Waals surface area (Å²) in [6.45, 7) is 3.51. The Kier molecular flexibility index (Phi) is 4.60. The van der Waals surface area contributed by atoms with Crippen LogP contribution in [0.25, 0.3) is 0 Å². The second-order valence-electron chi connectivity index (χ2n) is 4.15. The first-order chi connectivity index (χ1) is 8.57. The molecule has 0 radical (unpaired) electrons. The van der Waals surface area contributed by atoms with Gasteiger partial charge in [0.1, 0.15) is 0 Å². The predicted molar refractivity (Wildman–Crippen MR) is 62.4 cm³/mol. The molecule has 0 fully saturated rings. The Bertz CT molecular complexity index is 467. The lowest BCUT2D eigenvalue weighted by molar-refractivity contribution is -0.264. The average Bonchev–Trinajstić information content (AvgIpc) is 2.27. The lowest BCUT2D eigenvalue weighted by Crippen LogP contribution is -2.42. The summed E-state index contributed by atoms with van der Waals surface area (Å²) in [5, 5.41) is -2.21. The van der Waals surface area contributed by atoms with Crippen molar-refractivity contribution >= 4 is 16.9 Å². The fourth-order valence-corrected chi connectivity index (χ4v) is 2.34. The largest absolute Gasteiger partial charge is 0.462 e. The second-order valence-corrected chi connectivity index (χ2v) is 5.17. The third kappa shape index (κ3) is 3.46. The Balaban J connectivity index is 3.01. The first kappa shape index (κ1) is 15.9. The molecule has 19 heavy (non-hydrogen) atoms. The van der Waals surface area contributed by atoms with Crippen LogP contribution in [-0.4, -0.2) is 17.2 Å². The number of benzene rings is 1. The van der Waals surface area contributed by atoms with Gasteiger partial charge in [-0.2, -0.15) is 22.0 Å². The molecule has 0 aromatic heterocycles. The van der Waals surface area contributed by atoms with Crippen LogP contribution in [0.5, 0.6) is 0 Å². The number of hydrogen-bond donors (Lipinski definition) is 0. The van der Waals surface area contributed by atoms with Gasteiger partial charge < -0.3 is 0 Å². The fourth-order valence-electron chi connectivity index (χ4n) is 1.33. The van der Waals surface area contributed by atoms with E-state index in [0.29, 0.717) is 5.56 Å². The normalized spacial score (nSPS) is 12.8. The van der Waals surface area contributed by atoms with Crippen molar-refractivity contribution in [2.75, 3.05) is 0 Å². The van der Waals surface area contributed by atoms with Crippen molar-refractivity contribution in [1.82, 2.24) is 0 Å². The van der Waals surface area contributed by atoms with Crippen LogP contribution in [-0.2, 0) is 4.79 Å². The van der Waals surface area contributed by atoms with Crippen LogP contribution in [0.15, 0.2) is 29.2 Å². The van der Waals surface area contributed by atoms with Crippen molar-refractivity contribution in [3.05, 3.63) is 29.8 Å². The summed E-state index contributed by atoms with van der Waals surface area (Å²) in [7, 11) is 0. The topological polar surface area (TPSA) is 17.1 Å². The van der Waals surface area contributed by atoms with E-state index in [0.717, 1.165) is 0 Å². The number of halogens is 5. The zero-order chi connectivity index (χ0) is 14.8. The van der Waals surface area contributed by atoms with Crippen LogP contribution in [0.2, 0.25) is 0 Å². The average molecular weight is 298 g/mol. The van der Waals surface area contributed by atoms with Crippen molar-refractivity contribution in [2.24, 2.45) is 0 Å². The SMILES string of the molecule is CC(C)c1ccccc1SC(=O)C(F)(F)C(F)(F)F. The van der Waals surface area contributed by atoms with E-state index >= 15 is 0 Å². The maximum absolute atomic E-state index is 12.8. The summed E-state index contributed by atoms with van der Waals surface area (Å²) < 4.78 is 61.9. The van der Waals surface area contributed by atoms with Crippen molar-refractivity contribution in [3.63, 3.8) is 0 Å². The van der Waals surface area contributed by atoms with Gasteiger partial charge in [0.25, 0.3) is 5.12 Å². The van der Waals surface area contributed by atoms with Gasteiger partial charge in [-0.25, -0.2) is 0 Å². The molecule has 0 aliphatic heterocycles. The molecule has 0 heterocycles. The highest BCUT2D eigenvalue weighted by molar-refractivity contribution is 8.13. The number of carbonyl (C=O) groups is 1. The molecule has 7 heteroatoms. The van der Waals surface area contributed by atoms with E-state index < -0.39 is 17.2 Å². The molecular weight excluding hydrogens is 287 g/mol. The van der Waals surface area contributed by atoms with Crippen LogP contribution >= 0.6 is 11.8 Å².